The molecule has 2 N–H and O–H groups in total. The van der Waals surface area contributed by atoms with Gasteiger partial charge in [0.25, 0.3) is 0 Å². The predicted octanol–water partition coefficient (Wildman–Crippen LogP) is 4.31. The van der Waals surface area contributed by atoms with Gasteiger partial charge in [0.2, 0.25) is 0 Å². The Morgan fingerprint density at radius 3 is 2.39 bits per heavy atom. The maximum absolute atomic E-state index is 14.9. The summed E-state index contributed by atoms with van der Waals surface area (Å²) in [5.74, 6) is 0.569. The van der Waals surface area contributed by atoms with Crippen LogP contribution in [0, 0.1) is 19.7 Å². The Kier molecular flexibility index (Phi) is 4.89. The fraction of sp³-hybridized carbons (Fsp3) is 0.154. The van der Waals surface area contributed by atoms with E-state index < -0.39 is 11.4 Å². The third kappa shape index (κ3) is 3.16. The van der Waals surface area contributed by atoms with Gasteiger partial charge in [-0.25, -0.2) is 19.4 Å². The van der Waals surface area contributed by atoms with Gasteiger partial charge in [-0.3, -0.25) is 4.98 Å². The zero-order valence-corrected chi connectivity index (χ0v) is 18.5. The van der Waals surface area contributed by atoms with Gasteiger partial charge >= 0.3 is 0 Å². The molecule has 4 aromatic rings. The largest absolute Gasteiger partial charge is 0.496 e. The second-order valence-corrected chi connectivity index (χ2v) is 8.07. The van der Waals surface area contributed by atoms with Crippen LogP contribution in [0.4, 0.5) is 4.39 Å². The van der Waals surface area contributed by atoms with Crippen LogP contribution in [0.15, 0.2) is 72.4 Å². The van der Waals surface area contributed by atoms with Crippen molar-refractivity contribution in [2.45, 2.75) is 19.4 Å². The molecule has 0 radical (unpaired) electrons. The van der Waals surface area contributed by atoms with Crippen molar-refractivity contribution in [3.63, 3.8) is 0 Å². The van der Waals surface area contributed by atoms with Gasteiger partial charge in [-0.15, -0.1) is 0 Å². The van der Waals surface area contributed by atoms with Crippen molar-refractivity contribution in [2.75, 3.05) is 7.11 Å². The van der Waals surface area contributed by atoms with Crippen LogP contribution in [0.5, 0.6) is 5.75 Å². The van der Waals surface area contributed by atoms with E-state index in [1.807, 2.05) is 44.2 Å². The summed E-state index contributed by atoms with van der Waals surface area (Å²) < 4.78 is 20.5. The summed E-state index contributed by atoms with van der Waals surface area (Å²) in [6.07, 6.45) is 6.59. The summed E-state index contributed by atoms with van der Waals surface area (Å²) in [5.41, 5.74) is 11.3. The number of fused-ring (bicyclic) bond motifs is 1. The number of pyridine rings is 1. The summed E-state index contributed by atoms with van der Waals surface area (Å²) in [5, 5.41) is 0. The number of aliphatic imine (C=N–C) groups is 1. The Hall–Kier alpha value is -4.13. The van der Waals surface area contributed by atoms with Crippen LogP contribution in [0.1, 0.15) is 33.4 Å². The van der Waals surface area contributed by atoms with E-state index in [4.69, 9.17) is 15.5 Å². The zero-order chi connectivity index (χ0) is 23.2. The molecule has 6 nitrogen and oxygen atoms in total. The van der Waals surface area contributed by atoms with E-state index in [0.717, 1.165) is 33.6 Å². The monoisotopic (exact) mass is 439 g/mol. The van der Waals surface area contributed by atoms with Crippen LogP contribution in [0.3, 0.4) is 0 Å². The fourth-order valence-corrected chi connectivity index (χ4v) is 4.72. The molecule has 0 saturated carbocycles. The van der Waals surface area contributed by atoms with Gasteiger partial charge in [0.15, 0.2) is 0 Å². The van der Waals surface area contributed by atoms with Gasteiger partial charge < -0.3 is 10.5 Å². The number of rotatable bonds is 4. The molecule has 0 spiro atoms. The van der Waals surface area contributed by atoms with Gasteiger partial charge in [0.1, 0.15) is 29.3 Å². The number of hydrogen-bond acceptors (Lipinski definition) is 6. The first-order valence-corrected chi connectivity index (χ1v) is 10.5. The second-order valence-electron chi connectivity index (χ2n) is 8.07. The van der Waals surface area contributed by atoms with Crippen molar-refractivity contribution >= 4 is 5.84 Å². The van der Waals surface area contributed by atoms with Crippen LogP contribution >= 0.6 is 0 Å². The number of amidine groups is 1. The van der Waals surface area contributed by atoms with E-state index in [-0.39, 0.29) is 5.84 Å². The molecular formula is C26H22FN5O. The lowest BCUT2D eigenvalue weighted by Gasteiger charge is -2.30. The van der Waals surface area contributed by atoms with Gasteiger partial charge in [-0.2, -0.15) is 0 Å². The number of benzene rings is 2. The highest BCUT2D eigenvalue weighted by atomic mass is 19.1. The number of hydrogen-bond donors (Lipinski definition) is 1. The van der Waals surface area contributed by atoms with E-state index in [1.165, 1.54) is 12.4 Å². The summed E-state index contributed by atoms with van der Waals surface area (Å²) in [6.45, 7) is 3.97. The molecular weight excluding hydrogens is 417 g/mol. The molecule has 0 fully saturated rings. The van der Waals surface area contributed by atoms with Crippen molar-refractivity contribution in [1.29, 1.82) is 0 Å². The third-order valence-corrected chi connectivity index (χ3v) is 6.06. The van der Waals surface area contributed by atoms with Gasteiger partial charge in [-0.1, -0.05) is 12.1 Å². The molecule has 2 aromatic carbocycles. The summed E-state index contributed by atoms with van der Waals surface area (Å²) in [6, 6.07) is 12.8. The Morgan fingerprint density at radius 2 is 1.70 bits per heavy atom. The van der Waals surface area contributed by atoms with Crippen LogP contribution in [-0.4, -0.2) is 27.9 Å². The number of halogens is 1. The number of nitrogens with two attached hydrogens (primary N) is 1. The minimum absolute atomic E-state index is 0.163. The molecule has 1 unspecified atom stereocenters. The molecule has 1 aliphatic heterocycles. The number of methoxy groups -OCH3 is 1. The molecule has 0 aliphatic carbocycles. The van der Waals surface area contributed by atoms with Crippen LogP contribution in [0.2, 0.25) is 0 Å². The van der Waals surface area contributed by atoms with E-state index in [2.05, 4.69) is 15.0 Å². The lowest BCUT2D eigenvalue weighted by Crippen LogP contribution is -2.26. The number of aryl methyl sites for hydroxylation is 2. The molecule has 3 heterocycles. The van der Waals surface area contributed by atoms with Crippen molar-refractivity contribution in [3.05, 3.63) is 107 Å². The normalized spacial score (nSPS) is 16.9. The Morgan fingerprint density at radius 1 is 0.970 bits per heavy atom. The highest BCUT2D eigenvalue weighted by Crippen LogP contribution is 2.48. The first-order chi connectivity index (χ1) is 16.0. The molecule has 33 heavy (non-hydrogen) atoms. The molecule has 164 valence electrons. The quantitative estimate of drug-likeness (QED) is 0.512. The lowest BCUT2D eigenvalue weighted by molar-refractivity contribution is 0.408. The summed E-state index contributed by atoms with van der Waals surface area (Å²) in [4.78, 5) is 17.6. The number of ether oxygens (including phenoxy) is 1. The van der Waals surface area contributed by atoms with Crippen molar-refractivity contribution < 1.29 is 9.13 Å². The Labute approximate surface area is 191 Å². The van der Waals surface area contributed by atoms with E-state index >= 15 is 0 Å². The average molecular weight is 439 g/mol. The van der Waals surface area contributed by atoms with Gasteiger partial charge in [0.05, 0.1) is 18.4 Å². The van der Waals surface area contributed by atoms with E-state index in [9.17, 15) is 4.39 Å². The highest BCUT2D eigenvalue weighted by Gasteiger charge is 2.44. The Bertz CT molecular complexity index is 1380. The number of nitrogens with zero attached hydrogens (tertiary/aromatic N) is 4. The highest BCUT2D eigenvalue weighted by molar-refractivity contribution is 6.03. The molecule has 1 aliphatic rings. The minimum Gasteiger partial charge on any atom is -0.496 e. The second kappa shape index (κ2) is 7.78. The van der Waals surface area contributed by atoms with E-state index in [1.54, 1.807) is 31.8 Å². The SMILES string of the molecule is COc1c(C)cc(C2(c3ccnc(-c4cncnc4)c3)N=C(N)c3c(F)cccc32)cc1C. The summed E-state index contributed by atoms with van der Waals surface area (Å²) >= 11 is 0. The minimum atomic E-state index is -1.05. The topological polar surface area (TPSA) is 86.3 Å². The first-order valence-electron chi connectivity index (χ1n) is 10.5. The molecule has 2 aromatic heterocycles. The van der Waals surface area contributed by atoms with Crippen molar-refractivity contribution in [2.24, 2.45) is 10.7 Å². The average Bonchev–Trinajstić information content (AvgIpc) is 3.14. The van der Waals surface area contributed by atoms with E-state index in [0.29, 0.717) is 16.8 Å². The molecule has 0 amide bonds. The van der Waals surface area contributed by atoms with Gasteiger partial charge in [0, 0.05) is 29.7 Å². The number of aromatic nitrogens is 3. The maximum Gasteiger partial charge on any atom is 0.139 e. The zero-order valence-electron chi connectivity index (χ0n) is 18.5. The molecule has 7 heteroatoms. The van der Waals surface area contributed by atoms with Crippen LogP contribution < -0.4 is 10.5 Å². The van der Waals surface area contributed by atoms with Gasteiger partial charge in [-0.05, 0) is 66.4 Å². The van der Waals surface area contributed by atoms with Crippen LogP contribution in [0.25, 0.3) is 11.3 Å². The van der Waals surface area contributed by atoms with Crippen molar-refractivity contribution in [1.82, 2.24) is 15.0 Å². The summed E-state index contributed by atoms with van der Waals surface area (Å²) in [7, 11) is 1.65. The third-order valence-electron chi connectivity index (χ3n) is 6.06. The Balaban J connectivity index is 1.84. The smallest absolute Gasteiger partial charge is 0.139 e. The maximum atomic E-state index is 14.9. The van der Waals surface area contributed by atoms with Crippen molar-refractivity contribution in [3.8, 4) is 17.0 Å². The molecule has 0 bridgehead atoms. The standard InChI is InChI=1S/C26H22FN5O/c1-15-9-19(10-16(2)24(15)33-3)26(20-5-4-6-21(27)23(20)25(28)32-26)18-7-8-31-22(11-18)17-12-29-14-30-13-17/h4-14H,1-3H3,(H2,28,32). The van der Waals surface area contributed by atoms with Crippen LogP contribution in [-0.2, 0) is 5.54 Å². The fourth-order valence-electron chi connectivity index (χ4n) is 4.72. The molecule has 1 atom stereocenters. The molecule has 0 saturated heterocycles. The first kappa shape index (κ1) is 20.8. The predicted molar refractivity (Wildman–Crippen MR) is 125 cm³/mol. The lowest BCUT2D eigenvalue weighted by atomic mass is 9.76. The molecule has 5 rings (SSSR count).